The molecule has 0 aromatic heterocycles. The van der Waals surface area contributed by atoms with Crippen molar-refractivity contribution in [3.63, 3.8) is 0 Å². The van der Waals surface area contributed by atoms with Gasteiger partial charge in [0, 0.05) is 38.3 Å². The van der Waals surface area contributed by atoms with Crippen LogP contribution in [-0.4, -0.2) is 71.1 Å². The zero-order chi connectivity index (χ0) is 20.5. The third-order valence-electron chi connectivity index (χ3n) is 5.78. The fourth-order valence-electron chi connectivity index (χ4n) is 3.90. The topological polar surface area (TPSA) is 82.1 Å². The Morgan fingerprint density at radius 1 is 1.29 bits per heavy atom. The molecule has 2 saturated heterocycles. The number of nitrogens with one attached hydrogen (secondary N) is 1. The van der Waals surface area contributed by atoms with E-state index in [0.717, 1.165) is 0 Å². The summed E-state index contributed by atoms with van der Waals surface area (Å²) < 4.78 is 19.3. The molecule has 2 heterocycles. The van der Waals surface area contributed by atoms with E-state index in [4.69, 9.17) is 4.74 Å². The number of methoxy groups -OCH3 is 1. The predicted octanol–water partition coefficient (Wildman–Crippen LogP) is 0.898. The maximum atomic E-state index is 14.2. The molecule has 1 unspecified atom stereocenters. The molecule has 0 spiro atoms. The van der Waals surface area contributed by atoms with Crippen LogP contribution in [-0.2, 0) is 16.1 Å². The van der Waals surface area contributed by atoms with Crippen molar-refractivity contribution in [3.05, 3.63) is 29.6 Å². The highest BCUT2D eigenvalue weighted by Crippen LogP contribution is 2.29. The van der Waals surface area contributed by atoms with Gasteiger partial charge in [-0.15, -0.1) is 0 Å². The molecular weight excluding hydrogens is 365 g/mol. The molecule has 2 aliphatic heterocycles. The zero-order valence-corrected chi connectivity index (χ0v) is 16.6. The van der Waals surface area contributed by atoms with Gasteiger partial charge in [0.05, 0.1) is 12.6 Å². The van der Waals surface area contributed by atoms with E-state index in [0.29, 0.717) is 43.8 Å². The second-order valence-corrected chi connectivity index (χ2v) is 8.06. The summed E-state index contributed by atoms with van der Waals surface area (Å²) in [5, 5.41) is 14.0. The highest BCUT2D eigenvalue weighted by molar-refractivity contribution is 5.88. The first-order chi connectivity index (χ1) is 13.2. The number of aliphatic hydroxyl groups is 1. The Morgan fingerprint density at radius 3 is 2.75 bits per heavy atom. The molecule has 2 fully saturated rings. The first-order valence-corrected chi connectivity index (χ1v) is 9.55. The van der Waals surface area contributed by atoms with Crippen LogP contribution in [0.2, 0.25) is 0 Å². The number of nitrogens with zero attached hydrogens (tertiary/aromatic N) is 2. The minimum absolute atomic E-state index is 0.0635. The van der Waals surface area contributed by atoms with E-state index >= 15 is 0 Å². The Morgan fingerprint density at radius 2 is 2.04 bits per heavy atom. The summed E-state index contributed by atoms with van der Waals surface area (Å²) in [6.07, 6.45) is 0.922. The molecule has 8 heteroatoms. The van der Waals surface area contributed by atoms with Gasteiger partial charge in [-0.2, -0.15) is 0 Å². The lowest BCUT2D eigenvalue weighted by Gasteiger charge is -2.46. The number of halogens is 1. The largest absolute Gasteiger partial charge is 0.497 e. The van der Waals surface area contributed by atoms with Crippen LogP contribution >= 0.6 is 0 Å². The smallest absolute Gasteiger partial charge is 0.256 e. The minimum atomic E-state index is -1.59. The lowest BCUT2D eigenvalue weighted by Crippen LogP contribution is -2.67. The van der Waals surface area contributed by atoms with Gasteiger partial charge >= 0.3 is 0 Å². The van der Waals surface area contributed by atoms with Gasteiger partial charge in [-0.25, -0.2) is 4.39 Å². The van der Waals surface area contributed by atoms with E-state index in [-0.39, 0.29) is 19.0 Å². The average molecular weight is 393 g/mol. The number of β-amino-alcohol motifs (C(OH)–C–C–N with tert-alkyl or cyclic N) is 1. The SMILES string of the molecule is COc1ccc(F)c(CN2CCCC(O)(CN3CCNC(=O)C3(C)C)C2=O)c1. The Bertz CT molecular complexity index is 770. The Balaban J connectivity index is 1.77. The number of amides is 2. The summed E-state index contributed by atoms with van der Waals surface area (Å²) in [7, 11) is 1.50. The van der Waals surface area contributed by atoms with Gasteiger partial charge in [-0.05, 0) is 44.9 Å². The van der Waals surface area contributed by atoms with E-state index in [1.807, 2.05) is 4.90 Å². The molecule has 154 valence electrons. The monoisotopic (exact) mass is 393 g/mol. The van der Waals surface area contributed by atoms with E-state index in [1.54, 1.807) is 19.9 Å². The van der Waals surface area contributed by atoms with Gasteiger partial charge in [0.15, 0.2) is 5.60 Å². The molecular formula is C20H28FN3O4. The summed E-state index contributed by atoms with van der Waals surface area (Å²) in [5.41, 5.74) is -2.06. The number of piperazine rings is 1. The number of benzene rings is 1. The van der Waals surface area contributed by atoms with Gasteiger partial charge in [-0.3, -0.25) is 14.5 Å². The lowest BCUT2D eigenvalue weighted by atomic mass is 9.88. The number of piperidine rings is 1. The zero-order valence-electron chi connectivity index (χ0n) is 16.6. The molecule has 2 amide bonds. The quantitative estimate of drug-likeness (QED) is 0.777. The van der Waals surface area contributed by atoms with E-state index in [9.17, 15) is 19.1 Å². The highest BCUT2D eigenvalue weighted by atomic mass is 19.1. The number of rotatable bonds is 5. The van der Waals surface area contributed by atoms with Crippen LogP contribution in [0.1, 0.15) is 32.3 Å². The van der Waals surface area contributed by atoms with Crippen LogP contribution in [0.15, 0.2) is 18.2 Å². The molecule has 0 aliphatic carbocycles. The van der Waals surface area contributed by atoms with E-state index in [1.165, 1.54) is 24.1 Å². The van der Waals surface area contributed by atoms with Crippen molar-refractivity contribution >= 4 is 11.8 Å². The first kappa shape index (κ1) is 20.5. The van der Waals surface area contributed by atoms with Crippen LogP contribution in [0.4, 0.5) is 4.39 Å². The van der Waals surface area contributed by atoms with Gasteiger partial charge < -0.3 is 20.1 Å². The van der Waals surface area contributed by atoms with Crippen LogP contribution in [0.25, 0.3) is 0 Å². The van der Waals surface area contributed by atoms with Crippen molar-refractivity contribution in [2.75, 3.05) is 33.3 Å². The third kappa shape index (κ3) is 3.84. The molecule has 2 aliphatic rings. The Kier molecular flexibility index (Phi) is 5.63. The number of hydrogen-bond acceptors (Lipinski definition) is 5. The van der Waals surface area contributed by atoms with Gasteiger partial charge in [-0.1, -0.05) is 0 Å². The average Bonchev–Trinajstić information content (AvgIpc) is 2.65. The standard InChI is InChI=1S/C20H28FN3O4/c1-19(2)17(25)22-8-10-24(19)13-20(27)7-4-9-23(18(20)26)12-14-11-15(28-3)5-6-16(14)21/h5-6,11,27H,4,7-10,12-13H2,1-3H3,(H,22,25). The summed E-state index contributed by atoms with van der Waals surface area (Å²) >= 11 is 0. The number of carbonyl (C=O) groups excluding carboxylic acids is 2. The second-order valence-electron chi connectivity index (χ2n) is 8.06. The highest BCUT2D eigenvalue weighted by Gasteiger charge is 2.48. The molecule has 2 N–H and O–H groups in total. The van der Waals surface area contributed by atoms with Crippen molar-refractivity contribution in [3.8, 4) is 5.75 Å². The molecule has 0 radical (unpaired) electrons. The number of hydrogen-bond donors (Lipinski definition) is 2. The van der Waals surface area contributed by atoms with Crippen molar-refractivity contribution < 1.29 is 23.8 Å². The molecule has 1 aromatic rings. The molecule has 0 bridgehead atoms. The van der Waals surface area contributed by atoms with Crippen LogP contribution in [0.3, 0.4) is 0 Å². The van der Waals surface area contributed by atoms with Crippen molar-refractivity contribution in [1.29, 1.82) is 0 Å². The molecule has 28 heavy (non-hydrogen) atoms. The third-order valence-corrected chi connectivity index (χ3v) is 5.78. The fourth-order valence-corrected chi connectivity index (χ4v) is 3.90. The normalized spacial score (nSPS) is 25.5. The van der Waals surface area contributed by atoms with Crippen molar-refractivity contribution in [2.24, 2.45) is 0 Å². The van der Waals surface area contributed by atoms with Gasteiger partial charge in [0.1, 0.15) is 11.6 Å². The van der Waals surface area contributed by atoms with Crippen molar-refractivity contribution in [1.82, 2.24) is 15.1 Å². The summed E-state index contributed by atoms with van der Waals surface area (Å²) in [5.74, 6) is -0.461. The lowest BCUT2D eigenvalue weighted by molar-refractivity contribution is -0.164. The van der Waals surface area contributed by atoms with E-state index in [2.05, 4.69) is 5.32 Å². The van der Waals surface area contributed by atoms with Crippen molar-refractivity contribution in [2.45, 2.75) is 44.4 Å². The fraction of sp³-hybridized carbons (Fsp3) is 0.600. The molecule has 3 rings (SSSR count). The van der Waals surface area contributed by atoms with Gasteiger partial charge in [0.25, 0.3) is 5.91 Å². The van der Waals surface area contributed by atoms with E-state index < -0.39 is 22.9 Å². The van der Waals surface area contributed by atoms with Crippen LogP contribution in [0, 0.1) is 5.82 Å². The molecule has 7 nitrogen and oxygen atoms in total. The maximum absolute atomic E-state index is 14.2. The first-order valence-electron chi connectivity index (χ1n) is 9.55. The number of ether oxygens (including phenoxy) is 1. The summed E-state index contributed by atoms with van der Waals surface area (Å²) in [6.45, 7) is 5.17. The summed E-state index contributed by atoms with van der Waals surface area (Å²) in [4.78, 5) is 28.6. The molecule has 1 aromatic carbocycles. The number of likely N-dealkylation sites (tertiary alicyclic amines) is 1. The van der Waals surface area contributed by atoms with Gasteiger partial charge in [0.2, 0.25) is 5.91 Å². The van der Waals surface area contributed by atoms with Crippen LogP contribution in [0.5, 0.6) is 5.75 Å². The predicted molar refractivity (Wildman–Crippen MR) is 101 cm³/mol. The molecule has 0 saturated carbocycles. The summed E-state index contributed by atoms with van der Waals surface area (Å²) in [6, 6.07) is 4.40. The minimum Gasteiger partial charge on any atom is -0.497 e. The number of carbonyl (C=O) groups is 2. The maximum Gasteiger partial charge on any atom is 0.256 e. The second kappa shape index (κ2) is 7.67. The molecule has 1 atom stereocenters. The Labute approximate surface area is 164 Å². The van der Waals surface area contributed by atoms with Crippen LogP contribution < -0.4 is 10.1 Å². The Hall–Kier alpha value is -2.19.